The summed E-state index contributed by atoms with van der Waals surface area (Å²) in [5.41, 5.74) is 0.764. The standard InChI is InChI=1S/C21H18Br2ClN3O3/c1-4-11(2)20-26-18-6-5-14(22)8-16(18)21(29)27(20)25-10-13-7-15(24)9-17(23)19(13)30-12(3)28/h5-11H,4H2,1-3H3/t11-/m0/s1. The molecular formula is C21H18Br2ClN3O3. The first-order valence-corrected chi connectivity index (χ1v) is 11.1. The first-order valence-electron chi connectivity index (χ1n) is 9.15. The fraction of sp³-hybridized carbons (Fsp3) is 0.238. The van der Waals surface area contributed by atoms with E-state index in [9.17, 15) is 9.59 Å². The van der Waals surface area contributed by atoms with Crippen molar-refractivity contribution in [2.45, 2.75) is 33.1 Å². The number of esters is 1. The van der Waals surface area contributed by atoms with Crippen LogP contribution in [0.5, 0.6) is 5.75 Å². The molecule has 0 radical (unpaired) electrons. The monoisotopic (exact) mass is 553 g/mol. The molecule has 0 aliphatic carbocycles. The first-order chi connectivity index (χ1) is 14.2. The molecule has 0 unspecified atom stereocenters. The van der Waals surface area contributed by atoms with Gasteiger partial charge >= 0.3 is 5.97 Å². The molecule has 0 aliphatic heterocycles. The number of hydrogen-bond acceptors (Lipinski definition) is 5. The minimum atomic E-state index is -0.484. The van der Waals surface area contributed by atoms with Gasteiger partial charge in [0.25, 0.3) is 5.56 Å². The van der Waals surface area contributed by atoms with E-state index in [4.69, 9.17) is 16.3 Å². The van der Waals surface area contributed by atoms with E-state index in [0.717, 1.165) is 10.9 Å². The smallest absolute Gasteiger partial charge is 0.308 e. The van der Waals surface area contributed by atoms with E-state index in [2.05, 4.69) is 41.9 Å². The van der Waals surface area contributed by atoms with E-state index >= 15 is 0 Å². The Balaban J connectivity index is 2.22. The molecule has 0 bridgehead atoms. The van der Waals surface area contributed by atoms with Crippen molar-refractivity contribution >= 4 is 66.5 Å². The Morgan fingerprint density at radius 2 is 2.07 bits per heavy atom. The van der Waals surface area contributed by atoms with Gasteiger partial charge in [0.2, 0.25) is 0 Å². The third-order valence-corrected chi connectivity index (χ3v) is 5.78. The molecule has 0 amide bonds. The van der Waals surface area contributed by atoms with Crippen molar-refractivity contribution in [1.29, 1.82) is 0 Å². The van der Waals surface area contributed by atoms with Crippen molar-refractivity contribution < 1.29 is 9.53 Å². The highest BCUT2D eigenvalue weighted by atomic mass is 79.9. The zero-order valence-corrected chi connectivity index (χ0v) is 20.4. The Kier molecular flexibility index (Phi) is 7.10. The molecule has 3 rings (SSSR count). The van der Waals surface area contributed by atoms with Gasteiger partial charge in [0.15, 0.2) is 5.75 Å². The summed E-state index contributed by atoms with van der Waals surface area (Å²) in [6, 6.07) is 8.58. The maximum Gasteiger partial charge on any atom is 0.308 e. The van der Waals surface area contributed by atoms with Gasteiger partial charge in [-0.3, -0.25) is 9.59 Å². The summed E-state index contributed by atoms with van der Waals surface area (Å²) in [4.78, 5) is 29.4. The molecule has 1 aromatic heterocycles. The fourth-order valence-corrected chi connectivity index (χ4v) is 4.10. The average molecular weight is 556 g/mol. The third kappa shape index (κ3) is 4.82. The van der Waals surface area contributed by atoms with Crippen LogP contribution in [-0.4, -0.2) is 21.8 Å². The molecule has 3 aromatic rings. The first kappa shape index (κ1) is 22.7. The molecule has 0 N–H and O–H groups in total. The molecule has 30 heavy (non-hydrogen) atoms. The molecule has 6 nitrogen and oxygen atoms in total. The van der Waals surface area contributed by atoms with Crippen LogP contribution in [0, 0.1) is 0 Å². The summed E-state index contributed by atoms with van der Waals surface area (Å²) in [7, 11) is 0. The van der Waals surface area contributed by atoms with Crippen LogP contribution in [-0.2, 0) is 4.79 Å². The second kappa shape index (κ2) is 9.41. The van der Waals surface area contributed by atoms with E-state index in [1.165, 1.54) is 17.8 Å². The molecule has 1 heterocycles. The number of carbonyl (C=O) groups is 1. The zero-order chi connectivity index (χ0) is 22.0. The fourth-order valence-electron chi connectivity index (χ4n) is 2.83. The van der Waals surface area contributed by atoms with Crippen LogP contribution in [0.25, 0.3) is 10.9 Å². The third-order valence-electron chi connectivity index (χ3n) is 4.48. The Labute approximate surface area is 195 Å². The number of ether oxygens (including phenoxy) is 1. The summed E-state index contributed by atoms with van der Waals surface area (Å²) in [6.45, 7) is 5.31. The van der Waals surface area contributed by atoms with Crippen LogP contribution in [0.2, 0.25) is 5.02 Å². The molecule has 0 saturated carbocycles. The minimum Gasteiger partial charge on any atom is -0.425 e. The van der Waals surface area contributed by atoms with E-state index in [-0.39, 0.29) is 17.2 Å². The minimum absolute atomic E-state index is 0.00179. The lowest BCUT2D eigenvalue weighted by molar-refractivity contribution is -0.131. The number of hydrogen-bond donors (Lipinski definition) is 0. The normalized spacial score (nSPS) is 12.5. The van der Waals surface area contributed by atoms with Gasteiger partial charge in [-0.25, -0.2) is 4.98 Å². The number of rotatable bonds is 5. The van der Waals surface area contributed by atoms with Gasteiger partial charge in [-0.2, -0.15) is 9.78 Å². The van der Waals surface area contributed by atoms with Crippen LogP contribution in [0.3, 0.4) is 0 Å². The Morgan fingerprint density at radius 3 is 2.73 bits per heavy atom. The van der Waals surface area contributed by atoms with Gasteiger partial charge < -0.3 is 4.74 Å². The zero-order valence-electron chi connectivity index (χ0n) is 16.4. The lowest BCUT2D eigenvalue weighted by atomic mass is 10.1. The van der Waals surface area contributed by atoms with Crippen LogP contribution in [0.4, 0.5) is 0 Å². The summed E-state index contributed by atoms with van der Waals surface area (Å²) >= 11 is 12.9. The van der Waals surface area contributed by atoms with Crippen molar-refractivity contribution in [1.82, 2.24) is 9.66 Å². The SMILES string of the molecule is CC[C@H](C)c1nc2ccc(Br)cc2c(=O)n1N=Cc1cc(Cl)cc(Br)c1OC(C)=O. The maximum atomic E-state index is 13.2. The van der Waals surface area contributed by atoms with Crippen molar-refractivity contribution in [3.63, 3.8) is 0 Å². The molecule has 0 saturated heterocycles. The lowest BCUT2D eigenvalue weighted by Gasteiger charge is -2.14. The molecule has 0 spiro atoms. The van der Waals surface area contributed by atoms with Crippen LogP contribution in [0.1, 0.15) is 44.5 Å². The highest BCUT2D eigenvalue weighted by molar-refractivity contribution is 9.10. The van der Waals surface area contributed by atoms with Gasteiger partial charge in [-0.1, -0.05) is 41.4 Å². The van der Waals surface area contributed by atoms with Crippen molar-refractivity contribution in [3.05, 3.63) is 66.0 Å². The highest BCUT2D eigenvalue weighted by Crippen LogP contribution is 2.32. The number of fused-ring (bicyclic) bond motifs is 1. The summed E-state index contributed by atoms with van der Waals surface area (Å²) in [6.07, 6.45) is 2.22. The summed E-state index contributed by atoms with van der Waals surface area (Å²) < 4.78 is 7.85. The average Bonchev–Trinajstić information content (AvgIpc) is 2.69. The molecule has 2 aromatic carbocycles. The summed E-state index contributed by atoms with van der Waals surface area (Å²) in [5.74, 6) is 0.332. The van der Waals surface area contributed by atoms with E-state index in [1.807, 2.05) is 19.9 Å². The number of carbonyl (C=O) groups excluding carboxylic acids is 1. The largest absolute Gasteiger partial charge is 0.425 e. The van der Waals surface area contributed by atoms with E-state index in [1.54, 1.807) is 24.3 Å². The molecule has 9 heteroatoms. The number of benzene rings is 2. The number of aromatic nitrogens is 2. The van der Waals surface area contributed by atoms with E-state index < -0.39 is 5.97 Å². The van der Waals surface area contributed by atoms with Crippen LogP contribution in [0.15, 0.2) is 49.2 Å². The maximum absolute atomic E-state index is 13.2. The molecule has 156 valence electrons. The second-order valence-electron chi connectivity index (χ2n) is 6.70. The van der Waals surface area contributed by atoms with Gasteiger partial charge in [0, 0.05) is 27.9 Å². The van der Waals surface area contributed by atoms with Crippen LogP contribution < -0.4 is 10.3 Å². The molecular weight excluding hydrogens is 538 g/mol. The Morgan fingerprint density at radius 1 is 1.33 bits per heavy atom. The molecule has 0 fully saturated rings. The Bertz CT molecular complexity index is 1220. The van der Waals surface area contributed by atoms with Gasteiger partial charge in [0.05, 0.1) is 21.6 Å². The van der Waals surface area contributed by atoms with E-state index in [0.29, 0.717) is 31.8 Å². The predicted octanol–water partition coefficient (Wildman–Crippen LogP) is 5.90. The second-order valence-corrected chi connectivity index (χ2v) is 8.91. The highest BCUT2D eigenvalue weighted by Gasteiger charge is 2.16. The van der Waals surface area contributed by atoms with Gasteiger partial charge in [-0.05, 0) is 52.7 Å². The van der Waals surface area contributed by atoms with Crippen molar-refractivity contribution in [3.8, 4) is 5.75 Å². The molecule has 0 aliphatic rings. The quantitative estimate of drug-likeness (QED) is 0.223. The van der Waals surface area contributed by atoms with Gasteiger partial charge in [0.1, 0.15) is 5.82 Å². The molecule has 1 atom stereocenters. The lowest BCUT2D eigenvalue weighted by Crippen LogP contribution is -2.23. The van der Waals surface area contributed by atoms with Gasteiger partial charge in [-0.15, -0.1) is 0 Å². The number of halogens is 3. The van der Waals surface area contributed by atoms with Crippen molar-refractivity contribution in [2.24, 2.45) is 5.10 Å². The summed E-state index contributed by atoms with van der Waals surface area (Å²) in [5, 5.41) is 5.28. The number of nitrogens with zero attached hydrogens (tertiary/aromatic N) is 3. The Hall–Kier alpha value is -2.03. The predicted molar refractivity (Wildman–Crippen MR) is 126 cm³/mol. The van der Waals surface area contributed by atoms with Crippen LogP contribution >= 0.6 is 43.5 Å². The van der Waals surface area contributed by atoms with Crippen molar-refractivity contribution in [2.75, 3.05) is 0 Å². The topological polar surface area (TPSA) is 73.6 Å².